The summed E-state index contributed by atoms with van der Waals surface area (Å²) in [7, 11) is 1.50. The van der Waals surface area contributed by atoms with Gasteiger partial charge in [-0.3, -0.25) is 0 Å². The number of primary amides is 1. The molecule has 0 bridgehead atoms. The highest BCUT2D eigenvalue weighted by atomic mass is 16.6. The van der Waals surface area contributed by atoms with Gasteiger partial charge in [0.15, 0.2) is 0 Å². The van der Waals surface area contributed by atoms with Crippen molar-refractivity contribution in [2.75, 3.05) is 20.3 Å². The van der Waals surface area contributed by atoms with Crippen LogP contribution in [-0.2, 0) is 14.3 Å². The molecule has 0 unspecified atom stereocenters. The molecule has 0 aromatic heterocycles. The number of hydrogen-bond acceptors (Lipinski definition) is 5. The Kier molecular flexibility index (Phi) is 6.73. The van der Waals surface area contributed by atoms with Crippen LogP contribution in [0.5, 0.6) is 0 Å². The van der Waals surface area contributed by atoms with Crippen LogP contribution >= 0.6 is 0 Å². The van der Waals surface area contributed by atoms with E-state index in [9.17, 15) is 9.59 Å². The number of nitrogens with zero attached hydrogens (tertiary/aromatic N) is 2. The molecule has 0 fully saturated rings. The minimum atomic E-state index is -0.921. The van der Waals surface area contributed by atoms with Gasteiger partial charge in [0.2, 0.25) is 0 Å². The van der Waals surface area contributed by atoms with E-state index in [1.165, 1.54) is 14.0 Å². The summed E-state index contributed by atoms with van der Waals surface area (Å²) in [6, 6.07) is -0.921. The molecular weight excluding hydrogens is 202 g/mol. The van der Waals surface area contributed by atoms with Crippen LogP contribution in [0.15, 0.2) is 22.0 Å². The first kappa shape index (κ1) is 13.2. The monoisotopic (exact) mass is 215 g/mol. The van der Waals surface area contributed by atoms with Crippen molar-refractivity contribution in [3.8, 4) is 0 Å². The van der Waals surface area contributed by atoms with Crippen LogP contribution in [0.3, 0.4) is 0 Å². The molecule has 0 aliphatic carbocycles. The molecule has 0 radical (unpaired) electrons. The third kappa shape index (κ3) is 8.57. The zero-order valence-electron chi connectivity index (χ0n) is 8.60. The van der Waals surface area contributed by atoms with Gasteiger partial charge < -0.3 is 15.2 Å². The van der Waals surface area contributed by atoms with E-state index in [0.717, 1.165) is 6.08 Å². The molecule has 0 rings (SSSR count). The van der Waals surface area contributed by atoms with E-state index in [2.05, 4.69) is 15.0 Å². The molecule has 0 aromatic rings. The van der Waals surface area contributed by atoms with E-state index in [0.29, 0.717) is 6.61 Å². The van der Waals surface area contributed by atoms with Crippen LogP contribution in [-0.4, -0.2) is 32.3 Å². The molecule has 2 N–H and O–H groups in total. The van der Waals surface area contributed by atoms with Crippen LogP contribution in [0.1, 0.15) is 6.92 Å². The van der Waals surface area contributed by atoms with Gasteiger partial charge in [0.1, 0.15) is 6.61 Å². The smallest absolute Gasteiger partial charge is 0.356 e. The van der Waals surface area contributed by atoms with Gasteiger partial charge in [-0.25, -0.2) is 9.59 Å². The fraction of sp³-hybridized carbons (Fsp3) is 0.500. The topological polar surface area (TPSA) is 103 Å². The van der Waals surface area contributed by atoms with E-state index in [-0.39, 0.29) is 12.3 Å². The maximum atomic E-state index is 11.0. The number of carbonyl (C=O) groups is 2. The van der Waals surface area contributed by atoms with Crippen molar-refractivity contribution in [2.45, 2.75) is 6.92 Å². The van der Waals surface area contributed by atoms with Crippen molar-refractivity contribution in [2.24, 2.45) is 16.0 Å². The van der Waals surface area contributed by atoms with Crippen LogP contribution < -0.4 is 5.73 Å². The highest BCUT2D eigenvalue weighted by Crippen LogP contribution is 1.96. The van der Waals surface area contributed by atoms with Crippen molar-refractivity contribution in [3.05, 3.63) is 11.8 Å². The number of methoxy groups -OCH3 is 1. The number of hydrogen-bond donors (Lipinski definition) is 1. The maximum Gasteiger partial charge on any atom is 0.356 e. The van der Waals surface area contributed by atoms with Crippen molar-refractivity contribution < 1.29 is 19.1 Å². The average molecular weight is 215 g/mol. The first-order chi connectivity index (χ1) is 7.06. The van der Waals surface area contributed by atoms with Crippen molar-refractivity contribution in [3.63, 3.8) is 0 Å². The predicted molar refractivity (Wildman–Crippen MR) is 51.0 cm³/mol. The van der Waals surface area contributed by atoms with E-state index in [1.54, 1.807) is 0 Å². The number of nitrogens with two attached hydrogens (primary N) is 1. The summed E-state index contributed by atoms with van der Waals surface area (Å²) in [5, 5.41) is 6.41. The van der Waals surface area contributed by atoms with Gasteiger partial charge in [0.05, 0.1) is 12.3 Å². The van der Waals surface area contributed by atoms with E-state index in [1.807, 2.05) is 0 Å². The van der Waals surface area contributed by atoms with Crippen molar-refractivity contribution >= 4 is 12.0 Å². The van der Waals surface area contributed by atoms with Crippen LogP contribution in [0, 0.1) is 0 Å². The lowest BCUT2D eigenvalue weighted by Gasteiger charge is -1.99. The summed E-state index contributed by atoms with van der Waals surface area (Å²) in [6.45, 7) is 1.97. The molecule has 84 valence electrons. The molecule has 0 aliphatic heterocycles. The minimum Gasteiger partial charge on any atom is -0.460 e. The number of azo groups is 1. The highest BCUT2D eigenvalue weighted by molar-refractivity contribution is 5.82. The van der Waals surface area contributed by atoms with E-state index >= 15 is 0 Å². The summed E-state index contributed by atoms with van der Waals surface area (Å²) in [5.74, 6) is -0.576. The fourth-order valence-electron chi connectivity index (χ4n) is 0.595. The van der Waals surface area contributed by atoms with Crippen LogP contribution in [0.4, 0.5) is 4.79 Å². The third-order valence-corrected chi connectivity index (χ3v) is 1.16. The Morgan fingerprint density at radius 2 is 2.00 bits per heavy atom. The Balaban J connectivity index is 4.00. The number of allylic oxidation sites excluding steroid dienone is 1. The second-order valence-corrected chi connectivity index (χ2v) is 2.48. The summed E-state index contributed by atoms with van der Waals surface area (Å²) in [5.41, 5.74) is 4.94. The summed E-state index contributed by atoms with van der Waals surface area (Å²) < 4.78 is 9.38. The van der Waals surface area contributed by atoms with Gasteiger partial charge in [0, 0.05) is 13.2 Å². The van der Waals surface area contributed by atoms with Gasteiger partial charge in [-0.2, -0.15) is 5.11 Å². The Labute approximate surface area is 86.9 Å². The Morgan fingerprint density at radius 1 is 1.33 bits per heavy atom. The largest absolute Gasteiger partial charge is 0.460 e. The predicted octanol–water partition coefficient (Wildman–Crippen LogP) is 0.611. The van der Waals surface area contributed by atoms with Gasteiger partial charge in [-0.1, -0.05) is 5.11 Å². The van der Waals surface area contributed by atoms with Gasteiger partial charge >= 0.3 is 12.0 Å². The zero-order valence-corrected chi connectivity index (χ0v) is 8.60. The van der Waals surface area contributed by atoms with Gasteiger partial charge in [-0.05, 0) is 6.92 Å². The molecule has 0 aromatic carbocycles. The summed E-state index contributed by atoms with van der Waals surface area (Å²) >= 11 is 0. The van der Waals surface area contributed by atoms with Crippen LogP contribution in [0.25, 0.3) is 0 Å². The molecule has 2 amide bonds. The molecule has 7 nitrogen and oxygen atoms in total. The van der Waals surface area contributed by atoms with E-state index in [4.69, 9.17) is 10.5 Å². The third-order valence-electron chi connectivity index (χ3n) is 1.16. The second-order valence-electron chi connectivity index (χ2n) is 2.48. The zero-order chi connectivity index (χ0) is 11.7. The summed E-state index contributed by atoms with van der Waals surface area (Å²) in [4.78, 5) is 21.2. The number of urea groups is 1. The quantitative estimate of drug-likeness (QED) is 0.314. The standard InChI is InChI=1S/C8H13N3O4/c1-6(10-11-8(9)13)5-7(12)15-4-3-14-2/h5H,3-4H2,1-2H3,(H2,9,13)/b6-5+,11-10?. The van der Waals surface area contributed by atoms with Crippen molar-refractivity contribution in [1.82, 2.24) is 0 Å². The number of carbonyl (C=O) groups excluding carboxylic acids is 2. The van der Waals surface area contributed by atoms with Crippen LogP contribution in [0.2, 0.25) is 0 Å². The average Bonchev–Trinajstić information content (AvgIpc) is 2.15. The number of esters is 1. The molecular formula is C8H13N3O4. The second kappa shape index (κ2) is 7.63. The number of amides is 2. The number of rotatable bonds is 5. The lowest BCUT2D eigenvalue weighted by Crippen LogP contribution is -2.07. The molecule has 0 saturated heterocycles. The molecule has 7 heteroatoms. The van der Waals surface area contributed by atoms with Crippen molar-refractivity contribution in [1.29, 1.82) is 0 Å². The maximum absolute atomic E-state index is 11.0. The lowest BCUT2D eigenvalue weighted by molar-refractivity contribution is -0.139. The lowest BCUT2D eigenvalue weighted by atomic mass is 10.4. The summed E-state index contributed by atoms with van der Waals surface area (Å²) in [6.07, 6.45) is 1.10. The van der Waals surface area contributed by atoms with Gasteiger partial charge in [-0.15, -0.1) is 0 Å². The SMILES string of the molecule is COCCOC(=O)/C=C(\C)N=NC(N)=O. The molecule has 0 spiro atoms. The molecule has 15 heavy (non-hydrogen) atoms. The minimum absolute atomic E-state index is 0.159. The Morgan fingerprint density at radius 3 is 2.53 bits per heavy atom. The molecule has 0 heterocycles. The molecule has 0 saturated carbocycles. The normalized spacial score (nSPS) is 11.7. The highest BCUT2D eigenvalue weighted by Gasteiger charge is 1.98. The Hall–Kier alpha value is -1.76. The molecule has 0 atom stereocenters. The first-order valence-corrected chi connectivity index (χ1v) is 4.11. The van der Waals surface area contributed by atoms with E-state index < -0.39 is 12.0 Å². The van der Waals surface area contributed by atoms with Gasteiger partial charge in [0.25, 0.3) is 0 Å². The first-order valence-electron chi connectivity index (χ1n) is 4.11. The fourth-order valence-corrected chi connectivity index (χ4v) is 0.595. The Bertz CT molecular complexity index is 286. The molecule has 0 aliphatic rings. The number of ether oxygens (including phenoxy) is 2.